The Kier molecular flexibility index (Phi) is 3.53. The van der Waals surface area contributed by atoms with Gasteiger partial charge in [-0.05, 0) is 36.8 Å². The summed E-state index contributed by atoms with van der Waals surface area (Å²) >= 11 is 0. The summed E-state index contributed by atoms with van der Waals surface area (Å²) in [5, 5.41) is 18.9. The normalized spacial score (nSPS) is 9.83. The highest BCUT2D eigenvalue weighted by molar-refractivity contribution is 5.82. The number of rotatable bonds is 0. The lowest BCUT2D eigenvalue weighted by Gasteiger charge is -1.89. The number of para-hydroxylation sites is 1. The Bertz CT molecular complexity index is 624. The van der Waals surface area contributed by atoms with Gasteiger partial charge < -0.3 is 14.6 Å². The van der Waals surface area contributed by atoms with Gasteiger partial charge in [0.05, 0.1) is 6.26 Å². The fraction of sp³-hybridized carbons (Fsp3) is 0.0667. The first-order chi connectivity index (χ1) is 8.66. The van der Waals surface area contributed by atoms with Gasteiger partial charge >= 0.3 is 0 Å². The van der Waals surface area contributed by atoms with Crippen molar-refractivity contribution in [3.63, 3.8) is 0 Å². The zero-order chi connectivity index (χ0) is 13.0. The monoisotopic (exact) mass is 242 g/mol. The van der Waals surface area contributed by atoms with E-state index >= 15 is 0 Å². The molecule has 0 fully saturated rings. The van der Waals surface area contributed by atoms with Crippen molar-refractivity contribution >= 4 is 11.0 Å². The number of phenolic OH excluding ortho intramolecular Hbond substituents is 2. The van der Waals surface area contributed by atoms with Crippen molar-refractivity contribution in [2.24, 2.45) is 0 Å². The smallest absolute Gasteiger partial charge is 0.175 e. The van der Waals surface area contributed by atoms with E-state index in [-0.39, 0.29) is 5.75 Å². The zero-order valence-corrected chi connectivity index (χ0v) is 10.00. The van der Waals surface area contributed by atoms with E-state index in [1.54, 1.807) is 30.5 Å². The summed E-state index contributed by atoms with van der Waals surface area (Å²) < 4.78 is 5.00. The molecule has 3 heteroatoms. The van der Waals surface area contributed by atoms with Crippen LogP contribution in [0.25, 0.3) is 11.0 Å². The fourth-order valence-corrected chi connectivity index (χ4v) is 1.61. The van der Waals surface area contributed by atoms with E-state index in [0.717, 1.165) is 10.9 Å². The van der Waals surface area contributed by atoms with Crippen LogP contribution in [0.5, 0.6) is 11.5 Å². The molecule has 18 heavy (non-hydrogen) atoms. The number of furan rings is 1. The molecule has 0 amide bonds. The summed E-state index contributed by atoms with van der Waals surface area (Å²) in [4.78, 5) is 0. The molecular formula is C15H14O3. The van der Waals surface area contributed by atoms with Crippen molar-refractivity contribution in [1.82, 2.24) is 0 Å². The van der Waals surface area contributed by atoms with Crippen LogP contribution in [0.4, 0.5) is 0 Å². The predicted octanol–water partition coefficient (Wildman–Crippen LogP) is 3.84. The van der Waals surface area contributed by atoms with Crippen LogP contribution in [-0.4, -0.2) is 10.2 Å². The predicted molar refractivity (Wildman–Crippen MR) is 70.7 cm³/mol. The van der Waals surface area contributed by atoms with Crippen molar-refractivity contribution in [2.75, 3.05) is 0 Å². The third-order valence-electron chi connectivity index (χ3n) is 2.46. The van der Waals surface area contributed by atoms with Crippen LogP contribution < -0.4 is 0 Å². The zero-order valence-electron chi connectivity index (χ0n) is 10.00. The van der Waals surface area contributed by atoms with Gasteiger partial charge in [-0.15, -0.1) is 0 Å². The second-order valence-corrected chi connectivity index (χ2v) is 3.96. The maximum Gasteiger partial charge on any atom is 0.175 e. The minimum absolute atomic E-state index is 0.197. The van der Waals surface area contributed by atoms with Gasteiger partial charge in [-0.2, -0.15) is 0 Å². The lowest BCUT2D eigenvalue weighted by Crippen LogP contribution is -1.66. The van der Waals surface area contributed by atoms with Crippen LogP contribution >= 0.6 is 0 Å². The quantitative estimate of drug-likeness (QED) is 0.629. The molecule has 0 aliphatic rings. The number of phenols is 2. The number of aryl methyl sites for hydroxylation is 1. The molecule has 1 aromatic heterocycles. The van der Waals surface area contributed by atoms with Gasteiger partial charge in [-0.1, -0.05) is 24.3 Å². The third kappa shape index (κ3) is 2.83. The molecule has 0 aliphatic heterocycles. The average molecular weight is 242 g/mol. The van der Waals surface area contributed by atoms with Gasteiger partial charge in [0.15, 0.2) is 11.3 Å². The Hall–Kier alpha value is -2.42. The second kappa shape index (κ2) is 5.27. The molecule has 1 heterocycles. The van der Waals surface area contributed by atoms with Crippen LogP contribution in [0.3, 0.4) is 0 Å². The highest BCUT2D eigenvalue weighted by atomic mass is 16.3. The highest BCUT2D eigenvalue weighted by Gasteiger charge is 1.99. The number of hydrogen-bond donors (Lipinski definition) is 2. The third-order valence-corrected chi connectivity index (χ3v) is 2.46. The van der Waals surface area contributed by atoms with Crippen molar-refractivity contribution in [3.8, 4) is 11.5 Å². The summed E-state index contributed by atoms with van der Waals surface area (Å²) in [7, 11) is 0. The van der Waals surface area contributed by atoms with Crippen LogP contribution in [0.15, 0.2) is 59.2 Å². The van der Waals surface area contributed by atoms with E-state index in [1.807, 2.05) is 31.2 Å². The van der Waals surface area contributed by atoms with Crippen molar-refractivity contribution in [3.05, 3.63) is 60.4 Å². The Morgan fingerprint density at radius 2 is 1.72 bits per heavy atom. The Balaban J connectivity index is 0.000000138. The molecule has 0 saturated heterocycles. The maximum absolute atomic E-state index is 9.17. The van der Waals surface area contributed by atoms with E-state index in [4.69, 9.17) is 14.6 Å². The molecular weight excluding hydrogens is 228 g/mol. The molecule has 3 aromatic rings. The van der Waals surface area contributed by atoms with Gasteiger partial charge in [0, 0.05) is 5.39 Å². The molecule has 0 bridgehead atoms. The average Bonchev–Trinajstić information content (AvgIpc) is 2.79. The van der Waals surface area contributed by atoms with E-state index in [1.165, 1.54) is 0 Å². The molecule has 0 atom stereocenters. The highest BCUT2D eigenvalue weighted by Crippen LogP contribution is 2.24. The fourth-order valence-electron chi connectivity index (χ4n) is 1.61. The summed E-state index contributed by atoms with van der Waals surface area (Å²) in [6.07, 6.45) is 1.56. The Morgan fingerprint density at radius 1 is 0.944 bits per heavy atom. The lowest BCUT2D eigenvalue weighted by atomic mass is 10.2. The topological polar surface area (TPSA) is 53.6 Å². The second-order valence-electron chi connectivity index (χ2n) is 3.96. The van der Waals surface area contributed by atoms with Crippen LogP contribution in [0, 0.1) is 6.92 Å². The van der Waals surface area contributed by atoms with Gasteiger partial charge in [0.1, 0.15) is 5.75 Å². The number of aromatic hydroxyl groups is 2. The number of hydrogen-bond acceptors (Lipinski definition) is 3. The molecule has 0 saturated carbocycles. The SMILES string of the molecule is Cc1cccc(O)c1.Oc1cccc2ccoc12. The molecule has 92 valence electrons. The summed E-state index contributed by atoms with van der Waals surface area (Å²) in [5.74, 6) is 0.535. The first kappa shape index (κ1) is 12.0. The first-order valence-corrected chi connectivity index (χ1v) is 5.57. The molecule has 2 N–H and O–H groups in total. The van der Waals surface area contributed by atoms with Crippen LogP contribution in [0.1, 0.15) is 5.56 Å². The van der Waals surface area contributed by atoms with Crippen molar-refractivity contribution in [2.45, 2.75) is 6.92 Å². The summed E-state index contributed by atoms with van der Waals surface area (Å²) in [6.45, 7) is 1.94. The summed E-state index contributed by atoms with van der Waals surface area (Å²) in [5.41, 5.74) is 1.65. The van der Waals surface area contributed by atoms with Crippen molar-refractivity contribution < 1.29 is 14.6 Å². The lowest BCUT2D eigenvalue weighted by molar-refractivity contribution is 0.465. The van der Waals surface area contributed by atoms with E-state index in [2.05, 4.69) is 0 Å². The molecule has 2 aromatic carbocycles. The number of benzene rings is 2. The Labute approximate surface area is 105 Å². The van der Waals surface area contributed by atoms with Gasteiger partial charge in [-0.25, -0.2) is 0 Å². The molecule has 0 radical (unpaired) electrons. The van der Waals surface area contributed by atoms with Crippen molar-refractivity contribution in [1.29, 1.82) is 0 Å². The molecule has 3 nitrogen and oxygen atoms in total. The van der Waals surface area contributed by atoms with Crippen LogP contribution in [-0.2, 0) is 0 Å². The maximum atomic E-state index is 9.17. The van der Waals surface area contributed by atoms with Crippen LogP contribution in [0.2, 0.25) is 0 Å². The van der Waals surface area contributed by atoms with E-state index in [0.29, 0.717) is 11.3 Å². The number of fused-ring (bicyclic) bond motifs is 1. The van der Waals surface area contributed by atoms with Gasteiger partial charge in [0.25, 0.3) is 0 Å². The molecule has 0 spiro atoms. The van der Waals surface area contributed by atoms with Gasteiger partial charge in [0.2, 0.25) is 0 Å². The minimum atomic E-state index is 0.197. The van der Waals surface area contributed by atoms with E-state index < -0.39 is 0 Å². The first-order valence-electron chi connectivity index (χ1n) is 5.57. The molecule has 3 rings (SSSR count). The minimum Gasteiger partial charge on any atom is -0.508 e. The Morgan fingerprint density at radius 3 is 2.33 bits per heavy atom. The largest absolute Gasteiger partial charge is 0.508 e. The standard InChI is InChI=1S/C8H6O2.C7H8O/c9-7-3-1-2-6-4-5-10-8(6)7;1-6-3-2-4-7(8)5-6/h1-5,9H;2-5,8H,1H3. The molecule has 0 aliphatic carbocycles. The van der Waals surface area contributed by atoms with E-state index in [9.17, 15) is 0 Å². The summed E-state index contributed by atoms with van der Waals surface area (Å²) in [6, 6.07) is 14.2. The van der Waals surface area contributed by atoms with Gasteiger partial charge in [-0.3, -0.25) is 0 Å². The molecule has 0 unspecified atom stereocenters.